The Morgan fingerprint density at radius 3 is 2.38 bits per heavy atom. The average Bonchev–Trinajstić information content (AvgIpc) is 3.16. The quantitative estimate of drug-likeness (QED) is 0.159. The molecule has 6 nitrogen and oxygen atoms in total. The number of nitrogens with two attached hydrogens (primary N) is 1. The van der Waals surface area contributed by atoms with E-state index in [-0.39, 0.29) is 23.4 Å². The van der Waals surface area contributed by atoms with Crippen LogP contribution in [0.1, 0.15) is 69.0 Å². The van der Waals surface area contributed by atoms with Crippen molar-refractivity contribution in [3.63, 3.8) is 0 Å². The molecule has 0 saturated heterocycles. The van der Waals surface area contributed by atoms with Crippen LogP contribution in [0.5, 0.6) is 0 Å². The molecule has 3 amide bonds. The fourth-order valence-corrected chi connectivity index (χ4v) is 7.29. The molecule has 4 aromatic rings. The number of primary amides is 1. The van der Waals surface area contributed by atoms with Gasteiger partial charge in [0.2, 0.25) is 11.8 Å². The highest BCUT2D eigenvalue weighted by atomic mass is 35.5. The Labute approximate surface area is 286 Å². The van der Waals surface area contributed by atoms with Crippen LogP contribution in [0.3, 0.4) is 0 Å². The van der Waals surface area contributed by atoms with Gasteiger partial charge in [0.15, 0.2) is 0 Å². The number of halogens is 2. The Morgan fingerprint density at radius 1 is 0.938 bits per heavy atom. The highest BCUT2D eigenvalue weighted by Crippen LogP contribution is 2.42. The maximum Gasteiger partial charge on any atom is 0.254 e. The summed E-state index contributed by atoms with van der Waals surface area (Å²) >= 11 is 6.09. The van der Waals surface area contributed by atoms with Crippen molar-refractivity contribution in [2.75, 3.05) is 4.90 Å². The highest BCUT2D eigenvalue weighted by Gasteiger charge is 2.40. The van der Waals surface area contributed by atoms with Gasteiger partial charge in [-0.1, -0.05) is 117 Å². The molecule has 48 heavy (non-hydrogen) atoms. The van der Waals surface area contributed by atoms with Crippen LogP contribution in [0.25, 0.3) is 22.3 Å². The SMILES string of the molecule is CCCCC(C(N)=O)C(CC1CCC1)C(=O)NC1C(=O)N(Cc2cccc(-c3ccc(F)c(Cl)c3)c2)c2ccccc2-c2ccccc21. The summed E-state index contributed by atoms with van der Waals surface area (Å²) in [5.41, 5.74) is 11.5. The van der Waals surface area contributed by atoms with E-state index in [2.05, 4.69) is 12.2 Å². The van der Waals surface area contributed by atoms with E-state index >= 15 is 0 Å². The lowest BCUT2D eigenvalue weighted by molar-refractivity contribution is -0.136. The van der Waals surface area contributed by atoms with Crippen LogP contribution in [-0.2, 0) is 20.9 Å². The number of hydrogen-bond acceptors (Lipinski definition) is 3. The van der Waals surface area contributed by atoms with E-state index in [1.165, 1.54) is 6.07 Å². The zero-order valence-electron chi connectivity index (χ0n) is 27.1. The summed E-state index contributed by atoms with van der Waals surface area (Å²) in [4.78, 5) is 43.6. The van der Waals surface area contributed by atoms with E-state index in [4.69, 9.17) is 17.3 Å². The lowest BCUT2D eigenvalue weighted by Crippen LogP contribution is -2.47. The van der Waals surface area contributed by atoms with Crippen LogP contribution < -0.4 is 16.0 Å². The monoisotopic (exact) mass is 665 g/mol. The summed E-state index contributed by atoms with van der Waals surface area (Å²) < 4.78 is 13.9. The van der Waals surface area contributed by atoms with Gasteiger partial charge < -0.3 is 16.0 Å². The largest absolute Gasteiger partial charge is 0.369 e. The molecular weight excluding hydrogens is 625 g/mol. The smallest absolute Gasteiger partial charge is 0.254 e. The van der Waals surface area contributed by atoms with Gasteiger partial charge in [-0.2, -0.15) is 0 Å². The number of para-hydroxylation sites is 1. The molecule has 0 bridgehead atoms. The van der Waals surface area contributed by atoms with Crippen LogP contribution in [-0.4, -0.2) is 17.7 Å². The number of nitrogens with zero attached hydrogens (tertiary/aromatic N) is 1. The Kier molecular flexibility index (Phi) is 10.3. The Hall–Kier alpha value is -4.49. The van der Waals surface area contributed by atoms with Crippen molar-refractivity contribution in [3.05, 3.63) is 113 Å². The van der Waals surface area contributed by atoms with E-state index in [0.717, 1.165) is 65.6 Å². The van der Waals surface area contributed by atoms with Gasteiger partial charge >= 0.3 is 0 Å². The molecular formula is C40H41ClFN3O3. The summed E-state index contributed by atoms with van der Waals surface area (Å²) in [5.74, 6) is -2.38. The number of fused-ring (bicyclic) bond motifs is 3. The molecule has 1 fully saturated rings. The number of carbonyl (C=O) groups is 3. The molecule has 2 aliphatic rings. The van der Waals surface area contributed by atoms with Crippen LogP contribution in [0.15, 0.2) is 91.0 Å². The molecule has 1 saturated carbocycles. The predicted molar refractivity (Wildman–Crippen MR) is 188 cm³/mol. The molecule has 6 rings (SSSR count). The van der Waals surface area contributed by atoms with Gasteiger partial charge in [0.1, 0.15) is 11.9 Å². The summed E-state index contributed by atoms with van der Waals surface area (Å²) in [7, 11) is 0. The Bertz CT molecular complexity index is 1820. The molecule has 1 aliphatic heterocycles. The molecule has 0 radical (unpaired) electrons. The predicted octanol–water partition coefficient (Wildman–Crippen LogP) is 8.62. The van der Waals surface area contributed by atoms with E-state index < -0.39 is 29.6 Å². The van der Waals surface area contributed by atoms with Crippen molar-refractivity contribution in [2.45, 2.75) is 64.5 Å². The lowest BCUT2D eigenvalue weighted by atomic mass is 9.73. The number of nitrogens with one attached hydrogen (secondary N) is 1. The fourth-order valence-electron chi connectivity index (χ4n) is 7.11. The first-order valence-corrected chi connectivity index (χ1v) is 17.3. The van der Waals surface area contributed by atoms with Gasteiger partial charge in [0.05, 0.1) is 17.3 Å². The first kappa shape index (κ1) is 33.4. The summed E-state index contributed by atoms with van der Waals surface area (Å²) in [6, 6.07) is 26.8. The van der Waals surface area contributed by atoms with Crippen molar-refractivity contribution in [1.29, 1.82) is 0 Å². The molecule has 1 heterocycles. The Morgan fingerprint density at radius 2 is 1.67 bits per heavy atom. The molecule has 1 aliphatic carbocycles. The number of hydrogen-bond donors (Lipinski definition) is 2. The highest BCUT2D eigenvalue weighted by molar-refractivity contribution is 6.31. The van der Waals surface area contributed by atoms with Crippen molar-refractivity contribution in [1.82, 2.24) is 5.32 Å². The second-order valence-corrected chi connectivity index (χ2v) is 13.5. The van der Waals surface area contributed by atoms with Gasteiger partial charge in [-0.3, -0.25) is 14.4 Å². The van der Waals surface area contributed by atoms with Gasteiger partial charge in [-0.05, 0) is 70.8 Å². The first-order chi connectivity index (χ1) is 23.2. The van der Waals surface area contributed by atoms with Crippen molar-refractivity contribution in [2.24, 2.45) is 23.5 Å². The summed E-state index contributed by atoms with van der Waals surface area (Å²) in [6.07, 6.45) is 5.97. The second kappa shape index (κ2) is 14.7. The van der Waals surface area contributed by atoms with Gasteiger partial charge in [0, 0.05) is 17.4 Å². The number of unbranched alkanes of at least 4 members (excludes halogenated alkanes) is 1. The van der Waals surface area contributed by atoms with Crippen LogP contribution >= 0.6 is 11.6 Å². The zero-order chi connectivity index (χ0) is 33.8. The van der Waals surface area contributed by atoms with E-state index in [1.54, 1.807) is 17.0 Å². The zero-order valence-corrected chi connectivity index (χ0v) is 27.9. The number of amides is 3. The van der Waals surface area contributed by atoms with Crippen LogP contribution in [0.2, 0.25) is 5.02 Å². The van der Waals surface area contributed by atoms with Gasteiger partial charge in [-0.15, -0.1) is 0 Å². The summed E-state index contributed by atoms with van der Waals surface area (Å²) in [6.45, 7) is 2.28. The third-order valence-corrected chi connectivity index (χ3v) is 10.2. The molecule has 0 aromatic heterocycles. The normalized spacial score (nSPS) is 17.0. The van der Waals surface area contributed by atoms with Crippen molar-refractivity contribution >= 4 is 35.0 Å². The van der Waals surface area contributed by atoms with E-state index in [1.807, 2.05) is 72.8 Å². The maximum atomic E-state index is 14.8. The fraction of sp³-hybridized carbons (Fsp3) is 0.325. The van der Waals surface area contributed by atoms with Crippen molar-refractivity contribution in [3.8, 4) is 22.3 Å². The minimum Gasteiger partial charge on any atom is -0.369 e. The molecule has 0 spiro atoms. The molecule has 3 N–H and O–H groups in total. The number of anilines is 1. The number of rotatable bonds is 12. The Balaban J connectivity index is 1.37. The second-order valence-electron chi connectivity index (χ2n) is 13.1. The van der Waals surface area contributed by atoms with Crippen LogP contribution in [0, 0.1) is 23.6 Å². The lowest BCUT2D eigenvalue weighted by Gasteiger charge is -2.33. The maximum absolute atomic E-state index is 14.8. The van der Waals surface area contributed by atoms with E-state index in [0.29, 0.717) is 24.3 Å². The molecule has 4 aromatic carbocycles. The third kappa shape index (κ3) is 7.02. The molecule has 3 atom stereocenters. The number of carbonyl (C=O) groups excluding carboxylic acids is 3. The third-order valence-electron chi connectivity index (χ3n) is 9.95. The standard InChI is InChI=1S/C40H41ClFN3O3/c1-2-3-14-32(38(43)46)33(22-25-10-8-11-25)39(47)44-37-31-17-5-4-15-29(31)30-16-6-7-18-36(30)45(40(37)48)24-26-12-9-13-27(21-26)28-19-20-35(42)34(41)23-28/h4-7,9,12-13,15-21,23,25,32-33,37H,2-3,8,10-11,14,22,24H2,1H3,(H2,43,46)(H,44,47). The number of benzene rings is 4. The first-order valence-electron chi connectivity index (χ1n) is 16.9. The topological polar surface area (TPSA) is 92.5 Å². The molecule has 248 valence electrons. The molecule has 8 heteroatoms. The van der Waals surface area contributed by atoms with Gasteiger partial charge in [-0.25, -0.2) is 4.39 Å². The van der Waals surface area contributed by atoms with Crippen LogP contribution in [0.4, 0.5) is 10.1 Å². The van der Waals surface area contributed by atoms with Gasteiger partial charge in [0.25, 0.3) is 5.91 Å². The van der Waals surface area contributed by atoms with E-state index in [9.17, 15) is 18.8 Å². The van der Waals surface area contributed by atoms with Crippen molar-refractivity contribution < 1.29 is 18.8 Å². The minimum atomic E-state index is -0.983. The summed E-state index contributed by atoms with van der Waals surface area (Å²) in [5, 5.41) is 3.18. The average molecular weight is 666 g/mol. The molecule has 3 unspecified atom stereocenters. The minimum absolute atomic E-state index is 0.0368.